The number of hydrogen-bond acceptors (Lipinski definition) is 7. The Bertz CT molecular complexity index is 1780. The minimum absolute atomic E-state index is 0.118. The minimum atomic E-state index is -5.19. The number of rotatable bonds is 8. The molecule has 0 saturated carbocycles. The Morgan fingerprint density at radius 3 is 2.07 bits per heavy atom. The van der Waals surface area contributed by atoms with Gasteiger partial charge in [0, 0.05) is 56.4 Å². The second kappa shape index (κ2) is 19.5. The second-order valence-corrected chi connectivity index (χ2v) is 14.7. The molecule has 3 N–H and O–H groups in total. The Morgan fingerprint density at radius 1 is 0.875 bits per heavy atom. The lowest BCUT2D eigenvalue weighted by Crippen LogP contribution is -2.63. The molecule has 0 unspecified atom stereocenters. The summed E-state index contributed by atoms with van der Waals surface area (Å²) in [5.74, 6) is -6.14. The van der Waals surface area contributed by atoms with Crippen LogP contribution in [0.1, 0.15) is 47.8 Å². The quantitative estimate of drug-likeness (QED) is 0.219. The molecule has 0 bridgehead atoms. The molecular formula is C39H48F7N5O5. The molecule has 0 radical (unpaired) electrons. The predicted octanol–water partition coefficient (Wildman–Crippen LogP) is 4.82. The SMILES string of the molecule is C[C@@H]1CN(Cc2cccc(C(=O)NCc3ccc(F)c(-c4cccc(CN5CCN[C@@H](C)C5)c4)c3)c2)[C@@H](C)C[N+]1(C)C.O=C(O)C(F)(F)F.O=C([O-])C(F)(F)F. The van der Waals surface area contributed by atoms with E-state index in [1.54, 1.807) is 6.07 Å². The summed E-state index contributed by atoms with van der Waals surface area (Å²) in [6.45, 7) is 14.0. The molecule has 5 rings (SSSR count). The topological polar surface area (TPSA) is 125 Å². The molecule has 0 spiro atoms. The summed E-state index contributed by atoms with van der Waals surface area (Å²) in [5.41, 5.74) is 5.26. The Kier molecular flexibility index (Phi) is 16.0. The number of hydrogen-bond donors (Lipinski definition) is 3. The molecule has 2 aliphatic rings. The Balaban J connectivity index is 0.000000512. The summed E-state index contributed by atoms with van der Waals surface area (Å²) in [6.07, 6.45) is -10.3. The van der Waals surface area contributed by atoms with Crippen molar-refractivity contribution >= 4 is 17.8 Å². The van der Waals surface area contributed by atoms with E-state index < -0.39 is 24.3 Å². The highest BCUT2D eigenvalue weighted by atomic mass is 19.4. The van der Waals surface area contributed by atoms with E-state index in [4.69, 9.17) is 19.8 Å². The van der Waals surface area contributed by atoms with Gasteiger partial charge in [0.2, 0.25) is 0 Å². The Morgan fingerprint density at radius 2 is 1.48 bits per heavy atom. The van der Waals surface area contributed by atoms with Gasteiger partial charge >= 0.3 is 18.3 Å². The number of nitrogens with one attached hydrogen (secondary N) is 2. The zero-order valence-electron chi connectivity index (χ0n) is 31.8. The number of nitrogens with zero attached hydrogens (tertiary/aromatic N) is 3. The van der Waals surface area contributed by atoms with Gasteiger partial charge in [0.1, 0.15) is 11.8 Å². The maximum atomic E-state index is 15.0. The van der Waals surface area contributed by atoms with Gasteiger partial charge in [0.15, 0.2) is 0 Å². The van der Waals surface area contributed by atoms with Crippen molar-refractivity contribution in [2.75, 3.05) is 46.8 Å². The summed E-state index contributed by atoms with van der Waals surface area (Å²) < 4.78 is 79.3. The first-order chi connectivity index (χ1) is 26.0. The molecule has 2 fully saturated rings. The van der Waals surface area contributed by atoms with Crippen LogP contribution in [0.4, 0.5) is 30.7 Å². The highest BCUT2D eigenvalue weighted by molar-refractivity contribution is 5.94. The van der Waals surface area contributed by atoms with Crippen LogP contribution in [0.2, 0.25) is 0 Å². The lowest BCUT2D eigenvalue weighted by molar-refractivity contribution is -0.920. The molecule has 2 heterocycles. The Labute approximate surface area is 321 Å². The van der Waals surface area contributed by atoms with Crippen molar-refractivity contribution in [3.63, 3.8) is 0 Å². The number of alkyl halides is 6. The normalized spacial score (nSPS) is 20.1. The highest BCUT2D eigenvalue weighted by Gasteiger charge is 2.38. The van der Waals surface area contributed by atoms with Crippen LogP contribution in [0.15, 0.2) is 66.7 Å². The number of likely N-dealkylation sites (N-methyl/N-ethyl adjacent to an activating group) is 1. The molecule has 0 aliphatic carbocycles. The van der Waals surface area contributed by atoms with Gasteiger partial charge in [-0.3, -0.25) is 14.6 Å². The van der Waals surface area contributed by atoms with E-state index in [0.29, 0.717) is 35.8 Å². The molecule has 0 aromatic heterocycles. The van der Waals surface area contributed by atoms with Crippen LogP contribution < -0.4 is 15.7 Å². The molecule has 3 aromatic carbocycles. The molecule has 56 heavy (non-hydrogen) atoms. The van der Waals surface area contributed by atoms with Crippen LogP contribution in [0.3, 0.4) is 0 Å². The standard InChI is InChI=1S/C35H46FN5O.2C2HF3O2/c1-25-20-39(15-14-37-25)22-29-8-6-10-31(16-29)33-18-28(12-13-34(33)36)19-38-35(42)32-11-7-9-30(17-32)23-40-21-27(3)41(4,5)24-26(40)2;2*3-2(4,5)1(6)7/h6-13,16-18,25-27,37H,14-15,19-24H2,1-5H3;2*(H,6,7)/t25-,26-,27+;;/m0../s1. The molecule has 10 nitrogen and oxygen atoms in total. The van der Waals surface area contributed by atoms with E-state index >= 15 is 0 Å². The molecule has 17 heteroatoms. The number of carboxylic acids is 2. The first-order valence-corrected chi connectivity index (χ1v) is 17.8. The van der Waals surface area contributed by atoms with Crippen LogP contribution in [-0.4, -0.2) is 115 Å². The largest absolute Gasteiger partial charge is 0.542 e. The number of carbonyl (C=O) groups excluding carboxylic acids is 2. The van der Waals surface area contributed by atoms with Crippen LogP contribution in [-0.2, 0) is 29.2 Å². The van der Waals surface area contributed by atoms with E-state index in [1.807, 2.05) is 36.4 Å². The van der Waals surface area contributed by atoms with Crippen molar-refractivity contribution in [1.29, 1.82) is 0 Å². The van der Waals surface area contributed by atoms with Crippen molar-refractivity contribution in [1.82, 2.24) is 20.4 Å². The maximum absolute atomic E-state index is 15.0. The lowest BCUT2D eigenvalue weighted by Gasteiger charge is -2.47. The molecule has 2 aliphatic heterocycles. The molecule has 308 valence electrons. The van der Waals surface area contributed by atoms with Crippen LogP contribution >= 0.6 is 0 Å². The third-order valence-corrected chi connectivity index (χ3v) is 9.68. The first-order valence-electron chi connectivity index (χ1n) is 17.8. The third-order valence-electron chi connectivity index (χ3n) is 9.68. The van der Waals surface area contributed by atoms with Crippen molar-refractivity contribution in [3.8, 4) is 11.1 Å². The number of halogens is 7. The van der Waals surface area contributed by atoms with Crippen molar-refractivity contribution in [3.05, 3.63) is 94.8 Å². The monoisotopic (exact) mass is 799 g/mol. The molecular weight excluding hydrogens is 751 g/mol. The number of carbonyl (C=O) groups is 3. The van der Waals surface area contributed by atoms with Crippen LogP contribution in [0, 0.1) is 5.82 Å². The van der Waals surface area contributed by atoms with E-state index in [0.717, 1.165) is 67.0 Å². The van der Waals surface area contributed by atoms with Crippen LogP contribution in [0.5, 0.6) is 0 Å². The minimum Gasteiger partial charge on any atom is -0.542 e. The number of benzene rings is 3. The van der Waals surface area contributed by atoms with Crippen molar-refractivity contribution in [2.24, 2.45) is 0 Å². The zero-order valence-corrected chi connectivity index (χ0v) is 31.8. The maximum Gasteiger partial charge on any atom is 0.490 e. The number of carboxylic acid groups (broad SMARTS) is 2. The summed E-state index contributed by atoms with van der Waals surface area (Å²) in [6, 6.07) is 22.7. The molecule has 3 atom stereocenters. The lowest BCUT2D eigenvalue weighted by atomic mass is 10.00. The third kappa shape index (κ3) is 14.2. The van der Waals surface area contributed by atoms with Gasteiger partial charge in [0.25, 0.3) is 5.91 Å². The molecule has 3 aromatic rings. The number of aliphatic carboxylic acids is 2. The fourth-order valence-corrected chi connectivity index (χ4v) is 6.42. The molecule has 1 amide bonds. The van der Waals surface area contributed by atoms with E-state index in [9.17, 15) is 35.5 Å². The average Bonchev–Trinajstić information content (AvgIpc) is 3.10. The number of piperazine rings is 2. The zero-order chi connectivity index (χ0) is 42.0. The molecule has 2 saturated heterocycles. The number of quaternary nitrogens is 1. The summed E-state index contributed by atoms with van der Waals surface area (Å²) in [5, 5.41) is 22.4. The van der Waals surface area contributed by atoms with Gasteiger partial charge in [-0.15, -0.1) is 0 Å². The summed E-state index contributed by atoms with van der Waals surface area (Å²) in [7, 11) is 4.61. The van der Waals surface area contributed by atoms with Gasteiger partial charge < -0.3 is 30.1 Å². The van der Waals surface area contributed by atoms with E-state index in [2.05, 4.69) is 73.5 Å². The van der Waals surface area contributed by atoms with Crippen molar-refractivity contribution in [2.45, 2.75) is 70.9 Å². The summed E-state index contributed by atoms with van der Waals surface area (Å²) in [4.78, 5) is 35.8. The fraction of sp³-hybridized carbons (Fsp3) is 0.462. The summed E-state index contributed by atoms with van der Waals surface area (Å²) >= 11 is 0. The predicted molar refractivity (Wildman–Crippen MR) is 193 cm³/mol. The average molecular weight is 800 g/mol. The fourth-order valence-electron chi connectivity index (χ4n) is 6.42. The van der Waals surface area contributed by atoms with E-state index in [1.165, 1.54) is 11.6 Å². The van der Waals surface area contributed by atoms with Gasteiger partial charge in [-0.1, -0.05) is 36.4 Å². The van der Waals surface area contributed by atoms with Gasteiger partial charge in [-0.05, 0) is 73.4 Å². The van der Waals surface area contributed by atoms with Gasteiger partial charge in [-0.2, -0.15) is 26.3 Å². The number of amides is 1. The second-order valence-electron chi connectivity index (χ2n) is 14.7. The van der Waals surface area contributed by atoms with Crippen molar-refractivity contribution < 1.29 is 59.8 Å². The smallest absolute Gasteiger partial charge is 0.490 e. The highest BCUT2D eigenvalue weighted by Crippen LogP contribution is 2.26. The van der Waals surface area contributed by atoms with Gasteiger partial charge in [-0.25, -0.2) is 9.18 Å². The van der Waals surface area contributed by atoms with Gasteiger partial charge in [0.05, 0.1) is 39.3 Å². The first kappa shape index (κ1) is 45.8. The Hall–Kier alpha value is -4.58. The van der Waals surface area contributed by atoms with Crippen LogP contribution in [0.25, 0.3) is 11.1 Å². The van der Waals surface area contributed by atoms with E-state index in [-0.39, 0.29) is 11.7 Å².